The van der Waals surface area contributed by atoms with Gasteiger partial charge in [-0.05, 0) is 71.8 Å². The molecule has 2 aliphatic rings. The Labute approximate surface area is 251 Å². The highest BCUT2D eigenvalue weighted by Gasteiger charge is 2.36. The summed E-state index contributed by atoms with van der Waals surface area (Å²) in [5, 5.41) is 8.07. The summed E-state index contributed by atoms with van der Waals surface area (Å²) < 4.78 is 73.9. The van der Waals surface area contributed by atoms with E-state index < -0.39 is 46.8 Å². The number of halogens is 6. The van der Waals surface area contributed by atoms with Gasteiger partial charge in [-0.15, -0.1) is 0 Å². The first kappa shape index (κ1) is 29.3. The van der Waals surface area contributed by atoms with E-state index in [2.05, 4.69) is 16.0 Å². The first-order chi connectivity index (χ1) is 20.9. The van der Waals surface area contributed by atoms with Crippen LogP contribution in [0.5, 0.6) is 0 Å². The third kappa shape index (κ3) is 5.61. The Bertz CT molecular complexity index is 1880. The minimum Gasteiger partial charge on any atom is -0.367 e. The van der Waals surface area contributed by atoms with Gasteiger partial charge in [-0.3, -0.25) is 14.4 Å². The molecule has 7 nitrogen and oxygen atoms in total. The zero-order valence-electron chi connectivity index (χ0n) is 22.2. The molecule has 0 saturated heterocycles. The van der Waals surface area contributed by atoms with Crippen molar-refractivity contribution in [2.45, 2.75) is 18.8 Å². The third-order valence-electron chi connectivity index (χ3n) is 7.20. The van der Waals surface area contributed by atoms with Crippen molar-refractivity contribution >= 4 is 40.7 Å². The van der Waals surface area contributed by atoms with Gasteiger partial charge < -0.3 is 20.7 Å². The van der Waals surface area contributed by atoms with Crippen molar-refractivity contribution in [3.8, 4) is 11.1 Å². The number of anilines is 2. The first-order valence-corrected chi connectivity index (χ1v) is 13.4. The van der Waals surface area contributed by atoms with Gasteiger partial charge in [0.25, 0.3) is 11.8 Å². The Morgan fingerprint density at radius 3 is 2.48 bits per heavy atom. The smallest absolute Gasteiger partial charge is 0.367 e. The predicted octanol–water partition coefficient (Wildman–Crippen LogP) is 6.86. The summed E-state index contributed by atoms with van der Waals surface area (Å²) in [6.07, 6.45) is -4.91. The lowest BCUT2D eigenvalue weighted by atomic mass is 9.92. The molecular formula is C31H19ClF5N3O4. The molecule has 0 aromatic heterocycles. The molecule has 2 aliphatic heterocycles. The van der Waals surface area contributed by atoms with Crippen LogP contribution in [-0.4, -0.2) is 24.3 Å². The van der Waals surface area contributed by atoms with E-state index in [1.807, 2.05) is 0 Å². The Kier molecular flexibility index (Phi) is 7.34. The molecule has 13 heteroatoms. The molecule has 1 atom stereocenters. The fourth-order valence-corrected chi connectivity index (χ4v) is 5.43. The van der Waals surface area contributed by atoms with Gasteiger partial charge >= 0.3 is 6.18 Å². The number of benzene rings is 4. The minimum absolute atomic E-state index is 0.0107. The lowest BCUT2D eigenvalue weighted by molar-refractivity contribution is -0.137. The fraction of sp³-hybridized carbons (Fsp3) is 0.129. The Hall–Kier alpha value is -4.81. The summed E-state index contributed by atoms with van der Waals surface area (Å²) in [5.74, 6) is -3.92. The van der Waals surface area contributed by atoms with Crippen LogP contribution >= 0.6 is 11.6 Å². The van der Waals surface area contributed by atoms with E-state index in [0.29, 0.717) is 34.5 Å². The zero-order valence-corrected chi connectivity index (χ0v) is 23.0. The second kappa shape index (κ2) is 11.0. The monoisotopic (exact) mass is 627 g/mol. The molecule has 1 unspecified atom stereocenters. The van der Waals surface area contributed by atoms with E-state index >= 15 is 0 Å². The van der Waals surface area contributed by atoms with Crippen LogP contribution in [0.3, 0.4) is 0 Å². The topological polar surface area (TPSA) is 96.5 Å². The quantitative estimate of drug-likeness (QED) is 0.216. The highest BCUT2D eigenvalue weighted by Crippen LogP contribution is 2.42. The fourth-order valence-electron chi connectivity index (χ4n) is 5.21. The van der Waals surface area contributed by atoms with Crippen molar-refractivity contribution in [2.75, 3.05) is 17.2 Å². The van der Waals surface area contributed by atoms with Crippen molar-refractivity contribution in [3.63, 3.8) is 0 Å². The van der Waals surface area contributed by atoms with Crippen molar-refractivity contribution in [2.24, 2.45) is 0 Å². The van der Waals surface area contributed by atoms with E-state index in [0.717, 1.165) is 12.1 Å². The molecule has 0 aliphatic carbocycles. The molecule has 6 rings (SSSR count). The van der Waals surface area contributed by atoms with Crippen molar-refractivity contribution in [1.29, 1.82) is 0 Å². The second-order valence-corrected chi connectivity index (χ2v) is 10.6. The number of nitrogens with one attached hydrogen (secondary N) is 3. The number of amides is 3. The van der Waals surface area contributed by atoms with Gasteiger partial charge in [-0.1, -0.05) is 17.7 Å². The number of carbonyl (C=O) groups excluding carboxylic acids is 3. The molecule has 4 aromatic carbocycles. The molecule has 0 spiro atoms. The summed E-state index contributed by atoms with van der Waals surface area (Å²) in [6.45, 7) is -0.0302. The molecule has 0 bridgehead atoms. The highest BCUT2D eigenvalue weighted by atomic mass is 35.5. The average molecular weight is 628 g/mol. The molecule has 0 saturated carbocycles. The Balaban J connectivity index is 1.49. The van der Waals surface area contributed by atoms with Crippen LogP contribution in [0.1, 0.15) is 49.0 Å². The lowest BCUT2D eigenvalue weighted by Gasteiger charge is -2.19. The van der Waals surface area contributed by atoms with Crippen LogP contribution in [0.25, 0.3) is 11.1 Å². The zero-order chi connectivity index (χ0) is 31.3. The highest BCUT2D eigenvalue weighted by molar-refractivity contribution is 6.31. The number of ether oxygens (including phenoxy) is 1. The number of carbonyl (C=O) groups is 3. The van der Waals surface area contributed by atoms with Gasteiger partial charge in [0, 0.05) is 44.2 Å². The molecule has 2 heterocycles. The molecule has 4 aromatic rings. The molecule has 3 N–H and O–H groups in total. The van der Waals surface area contributed by atoms with Gasteiger partial charge in [0.2, 0.25) is 5.91 Å². The number of hydrogen-bond acceptors (Lipinski definition) is 4. The van der Waals surface area contributed by atoms with Crippen molar-refractivity contribution in [3.05, 3.63) is 117 Å². The van der Waals surface area contributed by atoms with Crippen LogP contribution in [0, 0.1) is 11.6 Å². The average Bonchev–Trinajstić information content (AvgIpc) is 3.18. The van der Waals surface area contributed by atoms with Gasteiger partial charge in [0.1, 0.15) is 18.2 Å². The number of alkyl halides is 3. The number of rotatable bonds is 4. The van der Waals surface area contributed by atoms with Crippen LogP contribution < -0.4 is 16.0 Å². The normalized spacial score (nSPS) is 16.0. The van der Waals surface area contributed by atoms with E-state index in [9.17, 15) is 36.3 Å². The number of hydrogen-bond donors (Lipinski definition) is 3. The molecule has 3 amide bonds. The molecule has 0 fully saturated rings. The SMILES string of the molecule is O=C1COCc2cc(-c3cc(NC(=O)c4cc(F)cc(C(F)(F)F)c4)c4c(c3)C(=O)NC4c3cc(F)ccc3Cl)ccc2N1. The Morgan fingerprint density at radius 2 is 1.70 bits per heavy atom. The predicted molar refractivity (Wildman–Crippen MR) is 150 cm³/mol. The van der Waals surface area contributed by atoms with Crippen molar-refractivity contribution < 1.29 is 41.1 Å². The molecule has 224 valence electrons. The summed E-state index contributed by atoms with van der Waals surface area (Å²) >= 11 is 6.34. The molecular weight excluding hydrogens is 609 g/mol. The van der Waals surface area contributed by atoms with Gasteiger partial charge in [0.15, 0.2) is 0 Å². The van der Waals surface area contributed by atoms with Crippen LogP contribution in [0.4, 0.5) is 33.3 Å². The first-order valence-electron chi connectivity index (χ1n) is 13.0. The van der Waals surface area contributed by atoms with Crippen LogP contribution in [0.15, 0.2) is 66.7 Å². The lowest BCUT2D eigenvalue weighted by Crippen LogP contribution is -2.21. The maximum absolute atomic E-state index is 14.2. The maximum atomic E-state index is 14.2. The minimum atomic E-state index is -4.91. The van der Waals surface area contributed by atoms with Crippen molar-refractivity contribution in [1.82, 2.24) is 5.32 Å². The van der Waals surface area contributed by atoms with Gasteiger partial charge in [-0.2, -0.15) is 13.2 Å². The summed E-state index contributed by atoms with van der Waals surface area (Å²) in [7, 11) is 0. The summed E-state index contributed by atoms with van der Waals surface area (Å²) in [4.78, 5) is 38.4. The molecule has 44 heavy (non-hydrogen) atoms. The van der Waals surface area contributed by atoms with E-state index in [1.165, 1.54) is 18.2 Å². The Morgan fingerprint density at radius 1 is 0.909 bits per heavy atom. The summed E-state index contributed by atoms with van der Waals surface area (Å²) in [6, 6.07) is 12.0. The largest absolute Gasteiger partial charge is 0.416 e. The van der Waals surface area contributed by atoms with E-state index in [-0.39, 0.29) is 52.6 Å². The summed E-state index contributed by atoms with van der Waals surface area (Å²) in [5.41, 5.74) is 0.558. The standard InChI is InChI=1S/C31H19ClF5N3O4/c32-23-3-2-19(33)11-21(23)28-27-22(30(43)40-28)8-15(14-1-4-24-17(5-14)12-44-13-26(41)38-24)9-25(27)39-29(42)16-6-18(31(35,36)37)10-20(34)7-16/h1-11,28H,12-13H2,(H,38,41)(H,39,42)(H,40,43). The van der Waals surface area contributed by atoms with E-state index in [4.69, 9.17) is 16.3 Å². The van der Waals surface area contributed by atoms with Crippen LogP contribution in [0.2, 0.25) is 5.02 Å². The van der Waals surface area contributed by atoms with Gasteiger partial charge in [-0.25, -0.2) is 8.78 Å². The maximum Gasteiger partial charge on any atom is 0.416 e. The van der Waals surface area contributed by atoms with E-state index in [1.54, 1.807) is 18.2 Å². The second-order valence-electron chi connectivity index (χ2n) is 10.2. The molecule has 0 radical (unpaired) electrons. The van der Waals surface area contributed by atoms with Gasteiger partial charge in [0.05, 0.1) is 18.2 Å². The number of fused-ring (bicyclic) bond motifs is 2. The van der Waals surface area contributed by atoms with Crippen LogP contribution in [-0.2, 0) is 22.3 Å². The third-order valence-corrected chi connectivity index (χ3v) is 7.54.